The molecule has 5 nitrogen and oxygen atoms in total. The molecule has 120 valence electrons. The van der Waals surface area contributed by atoms with Gasteiger partial charge in [-0.1, -0.05) is 25.4 Å². The summed E-state index contributed by atoms with van der Waals surface area (Å²) in [6.45, 7) is 6.14. The van der Waals surface area contributed by atoms with Crippen molar-refractivity contribution in [3.63, 3.8) is 0 Å². The van der Waals surface area contributed by atoms with E-state index in [1.807, 2.05) is 13.8 Å². The Labute approximate surface area is 131 Å². The summed E-state index contributed by atoms with van der Waals surface area (Å²) < 4.78 is 32.9. The van der Waals surface area contributed by atoms with Crippen LogP contribution >= 0.6 is 11.6 Å². The average molecular weight is 335 g/mol. The van der Waals surface area contributed by atoms with Crippen molar-refractivity contribution in [2.45, 2.75) is 38.3 Å². The molecule has 0 fully saturated rings. The highest BCUT2D eigenvalue weighted by atomic mass is 35.5. The lowest BCUT2D eigenvalue weighted by atomic mass is 10.1. The van der Waals surface area contributed by atoms with Crippen LogP contribution in [0.25, 0.3) is 0 Å². The Hall–Kier alpha value is -0.660. The predicted octanol–water partition coefficient (Wildman–Crippen LogP) is 2.06. The van der Waals surface area contributed by atoms with Crippen LogP contribution in [-0.2, 0) is 21.3 Å². The van der Waals surface area contributed by atoms with E-state index in [-0.39, 0.29) is 23.4 Å². The summed E-state index contributed by atoms with van der Waals surface area (Å²) in [6, 6.07) is 2.83. The second-order valence-electron chi connectivity index (χ2n) is 5.32. The van der Waals surface area contributed by atoms with Gasteiger partial charge in [0.2, 0.25) is 10.0 Å². The number of benzene rings is 1. The van der Waals surface area contributed by atoms with E-state index < -0.39 is 10.0 Å². The number of hydrogen-bond acceptors (Lipinski definition) is 4. The molecule has 21 heavy (non-hydrogen) atoms. The third kappa shape index (κ3) is 4.66. The van der Waals surface area contributed by atoms with E-state index in [2.05, 4.69) is 4.72 Å². The van der Waals surface area contributed by atoms with Crippen LogP contribution in [0.3, 0.4) is 0 Å². The van der Waals surface area contributed by atoms with Gasteiger partial charge in [0.05, 0.1) is 11.5 Å². The van der Waals surface area contributed by atoms with Crippen molar-refractivity contribution in [2.75, 3.05) is 13.7 Å². The van der Waals surface area contributed by atoms with Gasteiger partial charge in [-0.05, 0) is 36.1 Å². The summed E-state index contributed by atoms with van der Waals surface area (Å²) in [6.07, 6.45) is 0. The maximum atomic E-state index is 12.6. The minimum absolute atomic E-state index is 0.105. The number of halogens is 1. The van der Waals surface area contributed by atoms with Gasteiger partial charge in [-0.25, -0.2) is 13.1 Å². The van der Waals surface area contributed by atoms with E-state index >= 15 is 0 Å². The number of rotatable bonds is 7. The lowest BCUT2D eigenvalue weighted by molar-refractivity contribution is 0.157. The summed E-state index contributed by atoms with van der Waals surface area (Å²) in [5.74, 6) is 0.105. The van der Waals surface area contributed by atoms with Crippen molar-refractivity contribution in [2.24, 2.45) is 11.7 Å². The molecule has 7 heteroatoms. The molecule has 0 bridgehead atoms. The molecule has 0 aliphatic carbocycles. The Morgan fingerprint density at radius 3 is 2.48 bits per heavy atom. The van der Waals surface area contributed by atoms with E-state index in [4.69, 9.17) is 22.1 Å². The van der Waals surface area contributed by atoms with Crippen LogP contribution in [-0.4, -0.2) is 28.2 Å². The first-order valence-electron chi connectivity index (χ1n) is 6.73. The normalized spacial score (nSPS) is 13.7. The zero-order chi connectivity index (χ0) is 16.2. The summed E-state index contributed by atoms with van der Waals surface area (Å²) in [5.41, 5.74) is 6.97. The van der Waals surface area contributed by atoms with Gasteiger partial charge < -0.3 is 10.5 Å². The Balaban J connectivity index is 3.21. The van der Waals surface area contributed by atoms with Crippen molar-refractivity contribution < 1.29 is 13.2 Å². The molecule has 1 aromatic rings. The van der Waals surface area contributed by atoms with Crippen LogP contribution in [0, 0.1) is 12.8 Å². The van der Waals surface area contributed by atoms with Crippen molar-refractivity contribution in [1.82, 2.24) is 4.72 Å². The molecule has 1 rings (SSSR count). The van der Waals surface area contributed by atoms with Crippen LogP contribution in [0.15, 0.2) is 17.0 Å². The molecular weight excluding hydrogens is 312 g/mol. The third-order valence-corrected chi connectivity index (χ3v) is 5.23. The molecule has 1 atom stereocenters. The first-order valence-corrected chi connectivity index (χ1v) is 8.59. The molecular formula is C14H23ClN2O3S. The zero-order valence-corrected chi connectivity index (χ0v) is 14.4. The Kier molecular flexibility index (Phi) is 6.62. The Morgan fingerprint density at radius 2 is 2.00 bits per heavy atom. The van der Waals surface area contributed by atoms with E-state index in [9.17, 15) is 8.42 Å². The van der Waals surface area contributed by atoms with Gasteiger partial charge in [-0.15, -0.1) is 0 Å². The second-order valence-corrected chi connectivity index (χ2v) is 7.44. The van der Waals surface area contributed by atoms with Crippen LogP contribution in [0.2, 0.25) is 5.02 Å². The topological polar surface area (TPSA) is 81.4 Å². The van der Waals surface area contributed by atoms with E-state index in [1.165, 1.54) is 6.07 Å². The highest BCUT2D eigenvalue weighted by Gasteiger charge is 2.25. The first-order chi connectivity index (χ1) is 9.72. The molecule has 0 saturated carbocycles. The molecule has 1 unspecified atom stereocenters. The predicted molar refractivity (Wildman–Crippen MR) is 84.9 cm³/mol. The zero-order valence-electron chi connectivity index (χ0n) is 12.8. The summed E-state index contributed by atoms with van der Waals surface area (Å²) in [7, 11) is -2.14. The average Bonchev–Trinajstić information content (AvgIpc) is 2.40. The van der Waals surface area contributed by atoms with Crippen molar-refractivity contribution in [1.29, 1.82) is 0 Å². The molecule has 0 radical (unpaired) electrons. The Bertz CT molecular complexity index is 588. The maximum absolute atomic E-state index is 12.6. The lowest BCUT2D eigenvalue weighted by Crippen LogP contribution is -2.41. The smallest absolute Gasteiger partial charge is 0.241 e. The molecule has 3 N–H and O–H groups in total. The van der Waals surface area contributed by atoms with Crippen molar-refractivity contribution in [3.05, 3.63) is 28.3 Å². The van der Waals surface area contributed by atoms with Crippen LogP contribution < -0.4 is 10.5 Å². The van der Waals surface area contributed by atoms with E-state index in [1.54, 1.807) is 20.1 Å². The standard InChI is InChI=1S/C14H23ClN2O3S/c1-9(2)13(8-20-4)17-21(18,19)14-6-12(15)5-11(7-16)10(14)3/h5-6,9,13,17H,7-8,16H2,1-4H3. The fourth-order valence-corrected chi connectivity index (χ4v) is 3.99. The molecule has 0 saturated heterocycles. The molecule has 0 amide bonds. The molecule has 0 aliphatic rings. The van der Waals surface area contributed by atoms with Gasteiger partial charge in [0.1, 0.15) is 0 Å². The van der Waals surface area contributed by atoms with Gasteiger partial charge in [-0.3, -0.25) is 0 Å². The molecule has 0 heterocycles. The van der Waals surface area contributed by atoms with Crippen LogP contribution in [0.4, 0.5) is 0 Å². The van der Waals surface area contributed by atoms with E-state index in [0.717, 1.165) is 5.56 Å². The summed E-state index contributed by atoms with van der Waals surface area (Å²) >= 11 is 5.99. The molecule has 0 aromatic heterocycles. The molecule has 0 aliphatic heterocycles. The third-order valence-electron chi connectivity index (χ3n) is 3.40. The van der Waals surface area contributed by atoms with Crippen molar-refractivity contribution >= 4 is 21.6 Å². The number of nitrogens with two attached hydrogens (primary N) is 1. The highest BCUT2D eigenvalue weighted by Crippen LogP contribution is 2.24. The van der Waals surface area contributed by atoms with Gasteiger partial charge in [0, 0.05) is 24.7 Å². The van der Waals surface area contributed by atoms with Gasteiger partial charge >= 0.3 is 0 Å². The van der Waals surface area contributed by atoms with E-state index in [0.29, 0.717) is 17.2 Å². The number of nitrogens with one attached hydrogen (secondary N) is 1. The Morgan fingerprint density at radius 1 is 1.38 bits per heavy atom. The fourth-order valence-electron chi connectivity index (χ4n) is 2.00. The van der Waals surface area contributed by atoms with Crippen LogP contribution in [0.5, 0.6) is 0 Å². The minimum Gasteiger partial charge on any atom is -0.383 e. The molecule has 1 aromatic carbocycles. The SMILES string of the molecule is COCC(NS(=O)(=O)c1cc(Cl)cc(CN)c1C)C(C)C. The monoisotopic (exact) mass is 334 g/mol. The molecule has 0 spiro atoms. The largest absolute Gasteiger partial charge is 0.383 e. The quantitative estimate of drug-likeness (QED) is 0.799. The number of methoxy groups -OCH3 is 1. The van der Waals surface area contributed by atoms with Gasteiger partial charge in [0.15, 0.2) is 0 Å². The highest BCUT2D eigenvalue weighted by molar-refractivity contribution is 7.89. The number of ether oxygens (including phenoxy) is 1. The first kappa shape index (κ1) is 18.4. The van der Waals surface area contributed by atoms with Crippen molar-refractivity contribution in [3.8, 4) is 0 Å². The summed E-state index contributed by atoms with van der Waals surface area (Å²) in [4.78, 5) is 0.164. The summed E-state index contributed by atoms with van der Waals surface area (Å²) in [5, 5.41) is 0.356. The number of sulfonamides is 1. The minimum atomic E-state index is -3.68. The lowest BCUT2D eigenvalue weighted by Gasteiger charge is -2.22. The van der Waals surface area contributed by atoms with Gasteiger partial charge in [0.25, 0.3) is 0 Å². The van der Waals surface area contributed by atoms with Crippen LogP contribution in [0.1, 0.15) is 25.0 Å². The fraction of sp³-hybridized carbons (Fsp3) is 0.571. The second kappa shape index (κ2) is 7.56. The number of hydrogen-bond donors (Lipinski definition) is 2. The maximum Gasteiger partial charge on any atom is 0.241 e. The van der Waals surface area contributed by atoms with Gasteiger partial charge in [-0.2, -0.15) is 0 Å².